The van der Waals surface area contributed by atoms with E-state index in [1.54, 1.807) is 24.3 Å². The second kappa shape index (κ2) is 14.2. The molecule has 0 aromatic heterocycles. The summed E-state index contributed by atoms with van der Waals surface area (Å²) in [7, 11) is 0. The van der Waals surface area contributed by atoms with Crippen LogP contribution in [-0.2, 0) is 0 Å². The Morgan fingerprint density at radius 2 is 1.84 bits per heavy atom. The summed E-state index contributed by atoms with van der Waals surface area (Å²) in [5, 5.41) is 9.74. The van der Waals surface area contributed by atoms with Crippen LogP contribution in [0.2, 0.25) is 5.02 Å². The van der Waals surface area contributed by atoms with Crippen LogP contribution in [0.5, 0.6) is 0 Å². The van der Waals surface area contributed by atoms with Gasteiger partial charge in [-0.1, -0.05) is 37.6 Å². The maximum Gasteiger partial charge on any atom is 0.252 e. The number of benzene rings is 1. The van der Waals surface area contributed by atoms with Crippen LogP contribution < -0.4 is 16.0 Å². The molecule has 0 aliphatic heterocycles. The van der Waals surface area contributed by atoms with Gasteiger partial charge in [0.2, 0.25) is 0 Å². The number of nitrogens with one attached hydrogen (secondary N) is 3. The zero-order valence-electron chi connectivity index (χ0n) is 15.3. The van der Waals surface area contributed by atoms with E-state index in [-0.39, 0.29) is 29.9 Å². The summed E-state index contributed by atoms with van der Waals surface area (Å²) >= 11 is 6.01. The maximum absolute atomic E-state index is 12.0. The van der Waals surface area contributed by atoms with Gasteiger partial charge in [0.05, 0.1) is 10.6 Å². The predicted octanol–water partition coefficient (Wildman–Crippen LogP) is 3.68. The number of nitrogens with zero attached hydrogens (tertiary/aromatic N) is 1. The molecular formula is C18H30ClIN4O. The summed E-state index contributed by atoms with van der Waals surface area (Å²) in [4.78, 5) is 16.6. The highest BCUT2D eigenvalue weighted by Crippen LogP contribution is 2.14. The second-order valence-corrected chi connectivity index (χ2v) is 6.37. The van der Waals surface area contributed by atoms with Crippen LogP contribution in [0.15, 0.2) is 29.3 Å². The summed E-state index contributed by atoms with van der Waals surface area (Å²) in [6.45, 7) is 9.18. The van der Waals surface area contributed by atoms with Crippen LogP contribution in [0.4, 0.5) is 0 Å². The fourth-order valence-corrected chi connectivity index (χ4v) is 2.35. The first-order valence-electron chi connectivity index (χ1n) is 8.59. The number of carbonyl (C=O) groups is 1. The van der Waals surface area contributed by atoms with Crippen molar-refractivity contribution in [3.05, 3.63) is 34.9 Å². The van der Waals surface area contributed by atoms with Crippen molar-refractivity contribution in [2.75, 3.05) is 26.2 Å². The van der Waals surface area contributed by atoms with Gasteiger partial charge in [0.25, 0.3) is 5.91 Å². The molecule has 25 heavy (non-hydrogen) atoms. The number of guanidine groups is 1. The molecule has 5 nitrogen and oxygen atoms in total. The number of hydrogen-bond acceptors (Lipinski definition) is 2. The van der Waals surface area contributed by atoms with E-state index in [9.17, 15) is 4.79 Å². The Kier molecular flexibility index (Phi) is 13.6. The lowest BCUT2D eigenvalue weighted by atomic mass is 10.1. The summed E-state index contributed by atoms with van der Waals surface area (Å²) in [6.07, 6.45) is 2.26. The first kappa shape index (κ1) is 24.0. The topological polar surface area (TPSA) is 65.5 Å². The van der Waals surface area contributed by atoms with Crippen molar-refractivity contribution < 1.29 is 4.79 Å². The van der Waals surface area contributed by atoms with Gasteiger partial charge in [-0.3, -0.25) is 9.79 Å². The minimum Gasteiger partial charge on any atom is -0.357 e. The van der Waals surface area contributed by atoms with Crippen LogP contribution in [-0.4, -0.2) is 38.0 Å². The van der Waals surface area contributed by atoms with Crippen molar-refractivity contribution in [2.24, 2.45) is 10.9 Å². The Bertz CT molecular complexity index is 538. The minimum atomic E-state index is -0.165. The number of halogens is 2. The van der Waals surface area contributed by atoms with Gasteiger partial charge in [0.1, 0.15) is 0 Å². The van der Waals surface area contributed by atoms with E-state index in [0.717, 1.165) is 25.5 Å². The molecule has 1 amide bonds. The largest absolute Gasteiger partial charge is 0.357 e. The van der Waals surface area contributed by atoms with E-state index >= 15 is 0 Å². The molecule has 1 aromatic rings. The molecule has 1 rings (SSSR count). The minimum absolute atomic E-state index is 0. The molecule has 0 aliphatic carbocycles. The van der Waals surface area contributed by atoms with Crippen LogP contribution >= 0.6 is 35.6 Å². The van der Waals surface area contributed by atoms with Crippen molar-refractivity contribution in [3.8, 4) is 0 Å². The molecule has 0 heterocycles. The summed E-state index contributed by atoms with van der Waals surface area (Å²) in [5.74, 6) is 1.32. The van der Waals surface area contributed by atoms with Gasteiger partial charge in [-0.15, -0.1) is 24.0 Å². The van der Waals surface area contributed by atoms with Gasteiger partial charge in [-0.25, -0.2) is 0 Å². The molecule has 0 saturated heterocycles. The molecule has 0 saturated carbocycles. The van der Waals surface area contributed by atoms with Crippen LogP contribution in [0.3, 0.4) is 0 Å². The van der Waals surface area contributed by atoms with Gasteiger partial charge in [0, 0.05) is 26.2 Å². The molecule has 0 atom stereocenters. The lowest BCUT2D eigenvalue weighted by molar-refractivity contribution is 0.0954. The highest BCUT2D eigenvalue weighted by atomic mass is 127. The fraction of sp³-hybridized carbons (Fsp3) is 0.556. The second-order valence-electron chi connectivity index (χ2n) is 5.96. The Hall–Kier alpha value is -1.02. The number of carbonyl (C=O) groups excluding carboxylic acids is 1. The SMILES string of the molecule is CCNC(=NCCCC(C)C)NCCNC(=O)c1ccccc1Cl.I. The van der Waals surface area contributed by atoms with Crippen LogP contribution in [0.25, 0.3) is 0 Å². The number of rotatable bonds is 9. The van der Waals surface area contributed by atoms with E-state index in [4.69, 9.17) is 11.6 Å². The molecule has 0 radical (unpaired) electrons. The van der Waals surface area contributed by atoms with Crippen molar-refractivity contribution >= 4 is 47.4 Å². The molecule has 3 N–H and O–H groups in total. The normalized spacial score (nSPS) is 11.0. The average molecular weight is 481 g/mol. The highest BCUT2D eigenvalue weighted by Gasteiger charge is 2.08. The van der Waals surface area contributed by atoms with Crippen LogP contribution in [0.1, 0.15) is 44.0 Å². The molecule has 0 spiro atoms. The average Bonchev–Trinajstić information content (AvgIpc) is 2.55. The third-order valence-corrected chi connectivity index (χ3v) is 3.70. The molecule has 1 aromatic carbocycles. The zero-order chi connectivity index (χ0) is 17.8. The molecule has 0 aliphatic rings. The quantitative estimate of drug-likeness (QED) is 0.219. The van der Waals surface area contributed by atoms with Crippen molar-refractivity contribution in [2.45, 2.75) is 33.6 Å². The third kappa shape index (κ3) is 10.5. The maximum atomic E-state index is 12.0. The third-order valence-electron chi connectivity index (χ3n) is 3.38. The van der Waals surface area contributed by atoms with E-state index in [0.29, 0.717) is 29.6 Å². The zero-order valence-corrected chi connectivity index (χ0v) is 18.4. The Labute approximate surface area is 173 Å². The predicted molar refractivity (Wildman–Crippen MR) is 117 cm³/mol. The first-order chi connectivity index (χ1) is 11.5. The lowest BCUT2D eigenvalue weighted by Gasteiger charge is -2.12. The molecule has 0 bridgehead atoms. The van der Waals surface area contributed by atoms with Crippen LogP contribution in [0, 0.1) is 5.92 Å². The van der Waals surface area contributed by atoms with Gasteiger partial charge in [-0.2, -0.15) is 0 Å². The summed E-state index contributed by atoms with van der Waals surface area (Å²) in [6, 6.07) is 7.03. The van der Waals surface area contributed by atoms with Gasteiger partial charge >= 0.3 is 0 Å². The van der Waals surface area contributed by atoms with Gasteiger partial charge < -0.3 is 16.0 Å². The van der Waals surface area contributed by atoms with Gasteiger partial charge in [-0.05, 0) is 37.8 Å². The lowest BCUT2D eigenvalue weighted by Crippen LogP contribution is -2.41. The number of aliphatic imine (C=N–C) groups is 1. The number of hydrogen-bond donors (Lipinski definition) is 3. The standard InChI is InChI=1S/C18H29ClN4O.HI/c1-4-20-18(22-11-7-8-14(2)3)23-13-12-21-17(24)15-9-5-6-10-16(15)19;/h5-6,9-10,14H,4,7-8,11-13H2,1-3H3,(H,21,24)(H2,20,22,23);1H. The Morgan fingerprint density at radius 1 is 1.16 bits per heavy atom. The van der Waals surface area contributed by atoms with E-state index in [1.165, 1.54) is 6.42 Å². The van der Waals surface area contributed by atoms with E-state index in [2.05, 4.69) is 34.8 Å². The highest BCUT2D eigenvalue weighted by molar-refractivity contribution is 14.0. The summed E-state index contributed by atoms with van der Waals surface area (Å²) < 4.78 is 0. The van der Waals surface area contributed by atoms with Crippen molar-refractivity contribution in [1.29, 1.82) is 0 Å². The molecular weight excluding hydrogens is 451 g/mol. The molecule has 142 valence electrons. The smallest absolute Gasteiger partial charge is 0.252 e. The fourth-order valence-electron chi connectivity index (χ4n) is 2.13. The van der Waals surface area contributed by atoms with Gasteiger partial charge in [0.15, 0.2) is 5.96 Å². The summed E-state index contributed by atoms with van der Waals surface area (Å²) in [5.41, 5.74) is 0.494. The van der Waals surface area contributed by atoms with Crippen molar-refractivity contribution in [3.63, 3.8) is 0 Å². The monoisotopic (exact) mass is 480 g/mol. The van der Waals surface area contributed by atoms with Crippen molar-refractivity contribution in [1.82, 2.24) is 16.0 Å². The van der Waals surface area contributed by atoms with E-state index in [1.807, 2.05) is 6.92 Å². The van der Waals surface area contributed by atoms with E-state index < -0.39 is 0 Å². The first-order valence-corrected chi connectivity index (χ1v) is 8.97. The molecule has 0 fully saturated rings. The number of amides is 1. The molecule has 0 unspecified atom stereocenters. The Balaban J connectivity index is 0.00000576. The Morgan fingerprint density at radius 3 is 2.48 bits per heavy atom. The molecule has 7 heteroatoms.